The van der Waals surface area contributed by atoms with Gasteiger partial charge in [0.2, 0.25) is 5.91 Å². The number of nitrogens with zero attached hydrogens (tertiary/aromatic N) is 1. The number of rotatable bonds is 8. The molecule has 0 fully saturated rings. The third kappa shape index (κ3) is 4.69. The topological polar surface area (TPSA) is 97.8 Å². The van der Waals surface area contributed by atoms with Gasteiger partial charge in [-0.2, -0.15) is 0 Å². The molecule has 2 aromatic rings. The number of aromatic nitrogens is 1. The first-order chi connectivity index (χ1) is 11.5. The number of carboxylic acids is 1. The van der Waals surface area contributed by atoms with Gasteiger partial charge in [0.1, 0.15) is 0 Å². The summed E-state index contributed by atoms with van der Waals surface area (Å²) in [6.45, 7) is 0.401. The summed E-state index contributed by atoms with van der Waals surface area (Å²) in [6.07, 6.45) is 0.716. The number of benzene rings is 1. The van der Waals surface area contributed by atoms with E-state index in [0.717, 1.165) is 5.56 Å². The number of carbonyl (C=O) groups is 2. The number of methoxy groups -OCH3 is 2. The minimum Gasteiger partial charge on any atom is -0.493 e. The predicted octanol–water partition coefficient (Wildman–Crippen LogP) is 1.76. The van der Waals surface area contributed by atoms with E-state index in [1.807, 2.05) is 0 Å². The summed E-state index contributed by atoms with van der Waals surface area (Å²) in [7, 11) is 3.10. The van der Waals surface area contributed by atoms with Crippen LogP contribution >= 0.6 is 11.3 Å². The minimum atomic E-state index is -1.05. The summed E-state index contributed by atoms with van der Waals surface area (Å²) < 4.78 is 10.4. The van der Waals surface area contributed by atoms with Crippen LogP contribution in [0.3, 0.4) is 0 Å². The molecule has 128 valence electrons. The Kier molecular flexibility index (Phi) is 6.14. The maximum absolute atomic E-state index is 12.0. The highest BCUT2D eigenvalue weighted by molar-refractivity contribution is 7.09. The number of nitrogens with one attached hydrogen (secondary N) is 1. The first-order valence-electron chi connectivity index (χ1n) is 7.18. The lowest BCUT2D eigenvalue weighted by Crippen LogP contribution is -2.27. The summed E-state index contributed by atoms with van der Waals surface area (Å²) in [4.78, 5) is 26.7. The lowest BCUT2D eigenvalue weighted by Gasteiger charge is -2.09. The van der Waals surface area contributed by atoms with E-state index in [1.54, 1.807) is 32.4 Å². The molecule has 0 spiro atoms. The molecule has 24 heavy (non-hydrogen) atoms. The Hall–Kier alpha value is -2.61. The normalized spacial score (nSPS) is 10.2. The molecule has 0 bridgehead atoms. The molecule has 1 aromatic heterocycles. The molecule has 8 heteroatoms. The van der Waals surface area contributed by atoms with Crippen LogP contribution in [0.2, 0.25) is 0 Å². The van der Waals surface area contributed by atoms with Crippen molar-refractivity contribution in [3.05, 3.63) is 39.8 Å². The molecule has 1 heterocycles. The van der Waals surface area contributed by atoms with Gasteiger partial charge in [-0.25, -0.2) is 9.78 Å². The van der Waals surface area contributed by atoms with Crippen molar-refractivity contribution >= 4 is 23.2 Å². The molecule has 0 aliphatic heterocycles. The maximum Gasteiger partial charge on any atom is 0.355 e. The van der Waals surface area contributed by atoms with Gasteiger partial charge in [0.05, 0.1) is 25.6 Å². The standard InChI is InChI=1S/C16H18N2O5S/c1-22-12-4-3-10(7-13(12)23-2)8-14(19)17-6-5-15-18-11(9-24-15)16(20)21/h3-4,7,9H,5-6,8H2,1-2H3,(H,17,19)(H,20,21). The van der Waals surface area contributed by atoms with Crippen LogP contribution in [0, 0.1) is 0 Å². The first kappa shape index (κ1) is 17.7. The van der Waals surface area contributed by atoms with Crippen molar-refractivity contribution in [1.29, 1.82) is 0 Å². The van der Waals surface area contributed by atoms with Gasteiger partial charge < -0.3 is 19.9 Å². The molecular weight excluding hydrogens is 332 g/mol. The van der Waals surface area contributed by atoms with Crippen LogP contribution in [-0.4, -0.2) is 42.7 Å². The van der Waals surface area contributed by atoms with Gasteiger partial charge in [0.25, 0.3) is 0 Å². The largest absolute Gasteiger partial charge is 0.493 e. The Morgan fingerprint density at radius 3 is 2.62 bits per heavy atom. The molecule has 1 amide bonds. The second-order valence-electron chi connectivity index (χ2n) is 4.90. The molecule has 0 aliphatic carbocycles. The van der Waals surface area contributed by atoms with Crippen LogP contribution in [-0.2, 0) is 17.6 Å². The smallest absolute Gasteiger partial charge is 0.355 e. The molecule has 0 saturated carbocycles. The number of hydrogen-bond acceptors (Lipinski definition) is 6. The van der Waals surface area contributed by atoms with Crippen molar-refractivity contribution in [3.8, 4) is 11.5 Å². The summed E-state index contributed by atoms with van der Waals surface area (Å²) in [6, 6.07) is 5.32. The average molecular weight is 350 g/mol. The Bertz CT molecular complexity index is 729. The Morgan fingerprint density at radius 1 is 1.25 bits per heavy atom. The van der Waals surface area contributed by atoms with Crippen molar-refractivity contribution in [2.24, 2.45) is 0 Å². The van der Waals surface area contributed by atoms with Crippen LogP contribution in [0.4, 0.5) is 0 Å². The third-order valence-corrected chi connectivity index (χ3v) is 4.15. The van der Waals surface area contributed by atoms with Gasteiger partial charge >= 0.3 is 5.97 Å². The maximum atomic E-state index is 12.0. The molecule has 0 saturated heterocycles. The molecule has 2 rings (SSSR count). The van der Waals surface area contributed by atoms with Crippen molar-refractivity contribution < 1.29 is 24.2 Å². The highest BCUT2D eigenvalue weighted by Crippen LogP contribution is 2.27. The number of thiazole rings is 1. The average Bonchev–Trinajstić information content (AvgIpc) is 3.04. The van der Waals surface area contributed by atoms with Gasteiger partial charge in [-0.05, 0) is 17.7 Å². The number of carbonyl (C=O) groups excluding carboxylic acids is 1. The molecule has 0 unspecified atom stereocenters. The fourth-order valence-electron chi connectivity index (χ4n) is 2.07. The molecule has 0 aliphatic rings. The Morgan fingerprint density at radius 2 is 2.00 bits per heavy atom. The Balaban J connectivity index is 1.83. The second kappa shape index (κ2) is 8.30. The van der Waals surface area contributed by atoms with E-state index in [0.29, 0.717) is 29.5 Å². The number of ether oxygens (including phenoxy) is 2. The van der Waals surface area contributed by atoms with Crippen LogP contribution in [0.1, 0.15) is 21.1 Å². The zero-order valence-corrected chi connectivity index (χ0v) is 14.2. The molecule has 7 nitrogen and oxygen atoms in total. The monoisotopic (exact) mass is 350 g/mol. The lowest BCUT2D eigenvalue weighted by molar-refractivity contribution is -0.120. The first-order valence-corrected chi connectivity index (χ1v) is 8.06. The van der Waals surface area contributed by atoms with E-state index in [4.69, 9.17) is 14.6 Å². The summed E-state index contributed by atoms with van der Waals surface area (Å²) in [5.41, 5.74) is 0.846. The third-order valence-electron chi connectivity index (χ3n) is 3.24. The van der Waals surface area contributed by atoms with E-state index in [1.165, 1.54) is 16.7 Å². The van der Waals surface area contributed by atoms with E-state index in [-0.39, 0.29) is 18.0 Å². The molecule has 2 N–H and O–H groups in total. The van der Waals surface area contributed by atoms with E-state index >= 15 is 0 Å². The van der Waals surface area contributed by atoms with E-state index in [2.05, 4.69) is 10.3 Å². The van der Waals surface area contributed by atoms with Gasteiger partial charge in [-0.1, -0.05) is 6.07 Å². The van der Waals surface area contributed by atoms with Crippen LogP contribution < -0.4 is 14.8 Å². The van der Waals surface area contributed by atoms with Gasteiger partial charge in [0.15, 0.2) is 17.2 Å². The number of aromatic carboxylic acids is 1. The van der Waals surface area contributed by atoms with Crippen molar-refractivity contribution in [1.82, 2.24) is 10.3 Å². The van der Waals surface area contributed by atoms with Crippen LogP contribution in [0.15, 0.2) is 23.6 Å². The summed E-state index contributed by atoms with van der Waals surface area (Å²) in [5, 5.41) is 13.8. The number of carboxylic acid groups (broad SMARTS) is 1. The SMILES string of the molecule is COc1ccc(CC(=O)NCCc2nc(C(=O)O)cs2)cc1OC. The number of amides is 1. The second-order valence-corrected chi connectivity index (χ2v) is 5.84. The van der Waals surface area contributed by atoms with E-state index < -0.39 is 5.97 Å². The highest BCUT2D eigenvalue weighted by atomic mass is 32.1. The number of hydrogen-bond donors (Lipinski definition) is 2. The summed E-state index contributed by atoms with van der Waals surface area (Å²) >= 11 is 1.27. The van der Waals surface area contributed by atoms with Crippen LogP contribution in [0.5, 0.6) is 11.5 Å². The lowest BCUT2D eigenvalue weighted by atomic mass is 10.1. The van der Waals surface area contributed by atoms with Crippen molar-refractivity contribution in [3.63, 3.8) is 0 Å². The highest BCUT2D eigenvalue weighted by Gasteiger charge is 2.10. The quantitative estimate of drug-likeness (QED) is 0.753. The minimum absolute atomic E-state index is 0.0339. The molecule has 0 atom stereocenters. The zero-order chi connectivity index (χ0) is 17.5. The van der Waals surface area contributed by atoms with Gasteiger partial charge in [0, 0.05) is 18.3 Å². The van der Waals surface area contributed by atoms with Gasteiger partial charge in [-0.3, -0.25) is 4.79 Å². The van der Waals surface area contributed by atoms with E-state index in [9.17, 15) is 9.59 Å². The van der Waals surface area contributed by atoms with Crippen LogP contribution in [0.25, 0.3) is 0 Å². The summed E-state index contributed by atoms with van der Waals surface area (Å²) in [5.74, 6) is 0.0127. The zero-order valence-electron chi connectivity index (χ0n) is 13.4. The molecule has 1 aromatic carbocycles. The van der Waals surface area contributed by atoms with Gasteiger partial charge in [-0.15, -0.1) is 11.3 Å². The predicted molar refractivity (Wildman–Crippen MR) is 89.0 cm³/mol. The Labute approximate surface area is 143 Å². The fourth-order valence-corrected chi connectivity index (χ4v) is 2.84. The fraction of sp³-hybridized carbons (Fsp3) is 0.312. The molecular formula is C16H18N2O5S. The molecule has 0 radical (unpaired) electrons. The van der Waals surface area contributed by atoms with Crippen molar-refractivity contribution in [2.45, 2.75) is 12.8 Å². The van der Waals surface area contributed by atoms with Crippen molar-refractivity contribution in [2.75, 3.05) is 20.8 Å².